The molecule has 1 saturated heterocycles. The first-order valence-corrected chi connectivity index (χ1v) is 6.43. The molecule has 1 aliphatic heterocycles. The van der Waals surface area contributed by atoms with Gasteiger partial charge in [0.25, 0.3) is 0 Å². The van der Waals surface area contributed by atoms with Crippen molar-refractivity contribution in [3.8, 4) is 0 Å². The number of nitrogens with one attached hydrogen (secondary N) is 1. The molecule has 2 fully saturated rings. The molecule has 1 heterocycles. The van der Waals surface area contributed by atoms with E-state index in [4.69, 9.17) is 4.74 Å². The first-order chi connectivity index (χ1) is 7.40. The van der Waals surface area contributed by atoms with Crippen molar-refractivity contribution in [2.24, 2.45) is 5.92 Å². The zero-order valence-electron chi connectivity index (χ0n) is 9.87. The summed E-state index contributed by atoms with van der Waals surface area (Å²) in [5.41, 5.74) is 0. The molecule has 2 rings (SSSR count). The summed E-state index contributed by atoms with van der Waals surface area (Å²) in [5.74, 6) is 0.976. The maximum absolute atomic E-state index is 5.53. The Balaban J connectivity index is 1.59. The van der Waals surface area contributed by atoms with E-state index in [9.17, 15) is 0 Å². The third-order valence-corrected chi connectivity index (χ3v) is 3.38. The van der Waals surface area contributed by atoms with Crippen LogP contribution in [0.15, 0.2) is 0 Å². The molecule has 0 bridgehead atoms. The second-order valence-corrected chi connectivity index (χ2v) is 4.81. The number of ether oxygens (including phenoxy) is 1. The van der Waals surface area contributed by atoms with E-state index in [2.05, 4.69) is 17.1 Å². The van der Waals surface area contributed by atoms with E-state index >= 15 is 0 Å². The molecule has 1 unspecified atom stereocenters. The van der Waals surface area contributed by atoms with Gasteiger partial charge in [-0.25, -0.2) is 0 Å². The highest BCUT2D eigenvalue weighted by atomic mass is 16.5. The van der Waals surface area contributed by atoms with Gasteiger partial charge in [0.15, 0.2) is 0 Å². The third-order valence-electron chi connectivity index (χ3n) is 3.38. The van der Waals surface area contributed by atoms with Crippen molar-refractivity contribution in [2.75, 3.05) is 39.4 Å². The normalized spacial score (nSPS) is 28.2. The van der Waals surface area contributed by atoms with Crippen LogP contribution in [0.3, 0.4) is 0 Å². The quantitative estimate of drug-likeness (QED) is 0.667. The first-order valence-electron chi connectivity index (χ1n) is 6.43. The third kappa shape index (κ3) is 3.74. The van der Waals surface area contributed by atoms with Gasteiger partial charge in [-0.2, -0.15) is 0 Å². The van der Waals surface area contributed by atoms with Gasteiger partial charge in [-0.15, -0.1) is 0 Å². The Bertz CT molecular complexity index is 182. The largest absolute Gasteiger partial charge is 0.380 e. The Morgan fingerprint density at radius 2 is 2.20 bits per heavy atom. The van der Waals surface area contributed by atoms with Crippen LogP contribution in [-0.4, -0.2) is 50.3 Å². The predicted octanol–water partition coefficient (Wildman–Crippen LogP) is 1.10. The Hall–Kier alpha value is -0.120. The number of hydrogen-bond donors (Lipinski definition) is 1. The van der Waals surface area contributed by atoms with E-state index in [0.29, 0.717) is 0 Å². The van der Waals surface area contributed by atoms with Gasteiger partial charge >= 0.3 is 0 Å². The second kappa shape index (κ2) is 5.83. The Kier molecular flexibility index (Phi) is 4.42. The molecule has 1 aliphatic carbocycles. The van der Waals surface area contributed by atoms with Crippen molar-refractivity contribution >= 4 is 0 Å². The van der Waals surface area contributed by atoms with E-state index in [1.165, 1.54) is 25.9 Å². The van der Waals surface area contributed by atoms with Gasteiger partial charge in [-0.1, -0.05) is 6.92 Å². The molecule has 3 heteroatoms. The van der Waals surface area contributed by atoms with Crippen LogP contribution >= 0.6 is 0 Å². The average Bonchev–Trinajstić information content (AvgIpc) is 3.09. The highest BCUT2D eigenvalue weighted by Gasteiger charge is 2.33. The molecule has 1 saturated carbocycles. The fourth-order valence-electron chi connectivity index (χ4n) is 2.30. The van der Waals surface area contributed by atoms with Crippen LogP contribution in [0.5, 0.6) is 0 Å². The summed E-state index contributed by atoms with van der Waals surface area (Å²) in [5, 5.41) is 3.63. The van der Waals surface area contributed by atoms with E-state index in [1.807, 2.05) is 0 Å². The van der Waals surface area contributed by atoms with Crippen molar-refractivity contribution in [3.63, 3.8) is 0 Å². The molecular formula is C12H24N2O. The van der Waals surface area contributed by atoms with Crippen LogP contribution in [0.25, 0.3) is 0 Å². The smallest absolute Gasteiger partial charge is 0.0593 e. The van der Waals surface area contributed by atoms with E-state index < -0.39 is 0 Å². The van der Waals surface area contributed by atoms with Crippen LogP contribution in [0.4, 0.5) is 0 Å². The number of rotatable bonds is 6. The zero-order chi connectivity index (χ0) is 10.5. The van der Waals surface area contributed by atoms with E-state index in [-0.39, 0.29) is 0 Å². The molecule has 0 spiro atoms. The summed E-state index contributed by atoms with van der Waals surface area (Å²) in [4.78, 5) is 2.55. The van der Waals surface area contributed by atoms with Gasteiger partial charge in [-0.3, -0.25) is 4.90 Å². The monoisotopic (exact) mass is 212 g/mol. The molecule has 3 nitrogen and oxygen atoms in total. The molecule has 0 radical (unpaired) electrons. The molecule has 0 aromatic carbocycles. The van der Waals surface area contributed by atoms with Gasteiger partial charge in [0.1, 0.15) is 0 Å². The molecule has 2 aliphatic rings. The van der Waals surface area contributed by atoms with Crippen molar-refractivity contribution in [3.05, 3.63) is 0 Å². The highest BCUT2D eigenvalue weighted by Crippen LogP contribution is 2.33. The molecule has 0 aromatic rings. The van der Waals surface area contributed by atoms with Crippen molar-refractivity contribution in [1.29, 1.82) is 0 Å². The lowest BCUT2D eigenvalue weighted by Crippen LogP contribution is -2.52. The summed E-state index contributed by atoms with van der Waals surface area (Å²) in [7, 11) is 0. The minimum atomic E-state index is 0.768. The SMILES string of the molecule is CCCOCCN1CCNC(C2CC2)C1. The lowest BCUT2D eigenvalue weighted by atomic mass is 10.1. The lowest BCUT2D eigenvalue weighted by molar-refractivity contribution is 0.0899. The Morgan fingerprint density at radius 3 is 2.93 bits per heavy atom. The topological polar surface area (TPSA) is 24.5 Å². The Labute approximate surface area is 93.2 Å². The molecule has 88 valence electrons. The van der Waals surface area contributed by atoms with Crippen molar-refractivity contribution < 1.29 is 4.74 Å². The van der Waals surface area contributed by atoms with Crippen molar-refractivity contribution in [2.45, 2.75) is 32.2 Å². The lowest BCUT2D eigenvalue weighted by Gasteiger charge is -2.33. The highest BCUT2D eigenvalue weighted by molar-refractivity contribution is 4.91. The van der Waals surface area contributed by atoms with Crippen LogP contribution < -0.4 is 5.32 Å². The number of piperazine rings is 1. The first kappa shape index (κ1) is 11.4. The summed E-state index contributed by atoms with van der Waals surface area (Å²) in [6, 6.07) is 0.768. The summed E-state index contributed by atoms with van der Waals surface area (Å²) in [6.45, 7) is 8.69. The van der Waals surface area contributed by atoms with Crippen molar-refractivity contribution in [1.82, 2.24) is 10.2 Å². The second-order valence-electron chi connectivity index (χ2n) is 4.81. The van der Waals surface area contributed by atoms with Gasteiger partial charge in [0.2, 0.25) is 0 Å². The molecular weight excluding hydrogens is 188 g/mol. The maximum Gasteiger partial charge on any atom is 0.0593 e. The van der Waals surface area contributed by atoms with Crippen LogP contribution in [0, 0.1) is 5.92 Å². The minimum Gasteiger partial charge on any atom is -0.380 e. The number of nitrogens with zero attached hydrogens (tertiary/aromatic N) is 1. The summed E-state index contributed by atoms with van der Waals surface area (Å²) < 4.78 is 5.53. The van der Waals surface area contributed by atoms with Gasteiger partial charge in [-0.05, 0) is 25.2 Å². The van der Waals surface area contributed by atoms with Crippen LogP contribution in [0.2, 0.25) is 0 Å². The summed E-state index contributed by atoms with van der Waals surface area (Å²) >= 11 is 0. The molecule has 0 aromatic heterocycles. The molecule has 0 amide bonds. The van der Waals surface area contributed by atoms with E-state index in [0.717, 1.165) is 44.7 Å². The fourth-order valence-corrected chi connectivity index (χ4v) is 2.30. The molecule has 1 N–H and O–H groups in total. The van der Waals surface area contributed by atoms with Gasteiger partial charge in [0, 0.05) is 38.8 Å². The van der Waals surface area contributed by atoms with Gasteiger partial charge in [0.05, 0.1) is 6.61 Å². The fraction of sp³-hybridized carbons (Fsp3) is 1.00. The van der Waals surface area contributed by atoms with E-state index in [1.54, 1.807) is 0 Å². The Morgan fingerprint density at radius 1 is 1.33 bits per heavy atom. The standard InChI is InChI=1S/C12H24N2O/c1-2-8-15-9-7-14-6-5-13-12(10-14)11-3-4-11/h11-13H,2-10H2,1H3. The van der Waals surface area contributed by atoms with Gasteiger partial charge < -0.3 is 10.1 Å². The summed E-state index contributed by atoms with van der Waals surface area (Å²) in [6.07, 6.45) is 4.02. The van der Waals surface area contributed by atoms with Crippen LogP contribution in [-0.2, 0) is 4.74 Å². The van der Waals surface area contributed by atoms with Crippen LogP contribution in [0.1, 0.15) is 26.2 Å². The number of hydrogen-bond acceptors (Lipinski definition) is 3. The molecule has 1 atom stereocenters. The predicted molar refractivity (Wildman–Crippen MR) is 62.1 cm³/mol. The zero-order valence-corrected chi connectivity index (χ0v) is 9.87. The molecule has 15 heavy (non-hydrogen) atoms. The maximum atomic E-state index is 5.53. The minimum absolute atomic E-state index is 0.768. The average molecular weight is 212 g/mol.